The number of amides is 1. The Balaban J connectivity index is 2.86. The third-order valence-corrected chi connectivity index (χ3v) is 3.04. The Bertz CT molecular complexity index is 421. The molecule has 18 heavy (non-hydrogen) atoms. The summed E-state index contributed by atoms with van der Waals surface area (Å²) in [6, 6.07) is 5.51. The first-order chi connectivity index (χ1) is 8.49. The largest absolute Gasteiger partial charge is 0.493 e. The van der Waals surface area contributed by atoms with Crippen molar-refractivity contribution in [3.8, 4) is 11.5 Å². The third kappa shape index (κ3) is 3.63. The second-order valence-corrected chi connectivity index (χ2v) is 5.33. The van der Waals surface area contributed by atoms with Crippen LogP contribution in [0.2, 0.25) is 0 Å². The SMILES string of the molecule is COc1ccc(C(C)NC(=O)C(C)Br)cc1OC. The molecule has 2 atom stereocenters. The molecule has 0 fully saturated rings. The molecule has 0 spiro atoms. The van der Waals surface area contributed by atoms with Crippen molar-refractivity contribution in [1.82, 2.24) is 5.32 Å². The second kappa shape index (κ2) is 6.64. The first-order valence-corrected chi connectivity index (χ1v) is 6.57. The van der Waals surface area contributed by atoms with E-state index in [2.05, 4.69) is 21.2 Å². The molecular weight excluding hydrogens is 298 g/mol. The van der Waals surface area contributed by atoms with Crippen molar-refractivity contribution in [2.45, 2.75) is 24.7 Å². The lowest BCUT2D eigenvalue weighted by atomic mass is 10.1. The molecule has 0 saturated carbocycles. The highest BCUT2D eigenvalue weighted by molar-refractivity contribution is 9.10. The maximum absolute atomic E-state index is 11.6. The van der Waals surface area contributed by atoms with Gasteiger partial charge in [0.25, 0.3) is 0 Å². The summed E-state index contributed by atoms with van der Waals surface area (Å²) in [6.45, 7) is 3.71. The second-order valence-electron chi connectivity index (χ2n) is 3.96. The van der Waals surface area contributed by atoms with Crippen molar-refractivity contribution >= 4 is 21.8 Å². The number of alkyl halides is 1. The van der Waals surface area contributed by atoms with Crippen LogP contribution in [0.3, 0.4) is 0 Å². The lowest BCUT2D eigenvalue weighted by Crippen LogP contribution is -2.31. The van der Waals surface area contributed by atoms with Crippen molar-refractivity contribution in [3.63, 3.8) is 0 Å². The Hall–Kier alpha value is -1.23. The summed E-state index contributed by atoms with van der Waals surface area (Å²) in [5, 5.41) is 2.90. The van der Waals surface area contributed by atoms with Gasteiger partial charge in [0, 0.05) is 0 Å². The predicted molar refractivity (Wildman–Crippen MR) is 74.5 cm³/mol. The Kier molecular flexibility index (Phi) is 5.47. The van der Waals surface area contributed by atoms with Gasteiger partial charge in [0.1, 0.15) is 0 Å². The average molecular weight is 316 g/mol. The van der Waals surface area contributed by atoms with Gasteiger partial charge in [-0.05, 0) is 31.5 Å². The summed E-state index contributed by atoms with van der Waals surface area (Å²) in [4.78, 5) is 11.4. The molecule has 4 nitrogen and oxygen atoms in total. The van der Waals surface area contributed by atoms with Gasteiger partial charge >= 0.3 is 0 Å². The minimum absolute atomic E-state index is 0.0442. The number of methoxy groups -OCH3 is 2. The highest BCUT2D eigenvalue weighted by Gasteiger charge is 2.15. The molecule has 0 aliphatic rings. The molecule has 0 aliphatic heterocycles. The van der Waals surface area contributed by atoms with Gasteiger partial charge in [-0.3, -0.25) is 4.79 Å². The molecule has 1 N–H and O–H groups in total. The molecule has 0 aliphatic carbocycles. The molecule has 0 radical (unpaired) electrons. The van der Waals surface area contributed by atoms with E-state index in [1.807, 2.05) is 25.1 Å². The van der Waals surface area contributed by atoms with Crippen molar-refractivity contribution in [2.75, 3.05) is 14.2 Å². The lowest BCUT2D eigenvalue weighted by Gasteiger charge is -2.17. The van der Waals surface area contributed by atoms with Gasteiger partial charge in [0.15, 0.2) is 11.5 Å². The number of nitrogens with one attached hydrogen (secondary N) is 1. The fourth-order valence-electron chi connectivity index (χ4n) is 1.53. The Morgan fingerprint density at radius 3 is 2.33 bits per heavy atom. The maximum atomic E-state index is 11.6. The Morgan fingerprint density at radius 1 is 1.22 bits per heavy atom. The summed E-state index contributed by atoms with van der Waals surface area (Å²) in [7, 11) is 3.18. The summed E-state index contributed by atoms with van der Waals surface area (Å²) in [6.07, 6.45) is 0. The van der Waals surface area contributed by atoms with E-state index in [1.165, 1.54) is 0 Å². The molecule has 0 saturated heterocycles. The molecule has 2 unspecified atom stereocenters. The number of halogens is 1. The highest BCUT2D eigenvalue weighted by atomic mass is 79.9. The quantitative estimate of drug-likeness (QED) is 0.850. The van der Waals surface area contributed by atoms with Gasteiger partial charge in [-0.1, -0.05) is 22.0 Å². The van der Waals surface area contributed by atoms with Crippen LogP contribution in [0, 0.1) is 0 Å². The molecule has 1 rings (SSSR count). The van der Waals surface area contributed by atoms with Gasteiger partial charge in [0.2, 0.25) is 5.91 Å². The van der Waals surface area contributed by atoms with Crippen LogP contribution in [0.25, 0.3) is 0 Å². The van der Waals surface area contributed by atoms with Crippen LogP contribution in [-0.2, 0) is 4.79 Å². The van der Waals surface area contributed by atoms with Gasteiger partial charge in [-0.2, -0.15) is 0 Å². The van der Waals surface area contributed by atoms with Crippen LogP contribution in [0.1, 0.15) is 25.5 Å². The van der Waals surface area contributed by atoms with E-state index in [-0.39, 0.29) is 16.8 Å². The number of benzene rings is 1. The van der Waals surface area contributed by atoms with Crippen molar-refractivity contribution in [1.29, 1.82) is 0 Å². The van der Waals surface area contributed by atoms with Gasteiger partial charge in [0.05, 0.1) is 25.1 Å². The fraction of sp³-hybridized carbons (Fsp3) is 0.462. The first kappa shape index (κ1) is 14.8. The molecule has 0 heterocycles. The highest BCUT2D eigenvalue weighted by Crippen LogP contribution is 2.29. The van der Waals surface area contributed by atoms with Crippen LogP contribution in [-0.4, -0.2) is 25.0 Å². The topological polar surface area (TPSA) is 47.6 Å². The number of carbonyl (C=O) groups excluding carboxylic acids is 1. The summed E-state index contributed by atoms with van der Waals surface area (Å²) >= 11 is 3.24. The number of hydrogen-bond acceptors (Lipinski definition) is 3. The zero-order valence-corrected chi connectivity index (χ0v) is 12.6. The van der Waals surface area contributed by atoms with Crippen molar-refractivity contribution in [3.05, 3.63) is 23.8 Å². The minimum atomic E-state index is -0.208. The van der Waals surface area contributed by atoms with E-state index in [0.717, 1.165) is 5.56 Å². The van der Waals surface area contributed by atoms with E-state index in [1.54, 1.807) is 21.1 Å². The normalized spacial score (nSPS) is 13.6. The fourth-order valence-corrected chi connectivity index (χ4v) is 1.67. The third-order valence-electron chi connectivity index (χ3n) is 2.63. The van der Waals surface area contributed by atoms with Crippen LogP contribution >= 0.6 is 15.9 Å². The standard InChI is InChI=1S/C13H18BrNO3/c1-8(14)13(16)15-9(2)10-5-6-11(17-3)12(7-10)18-4/h5-9H,1-4H3,(H,15,16). The van der Waals surface area contributed by atoms with E-state index in [9.17, 15) is 4.79 Å². The molecule has 1 amide bonds. The average Bonchev–Trinajstić information content (AvgIpc) is 2.37. The molecule has 100 valence electrons. The summed E-state index contributed by atoms with van der Waals surface area (Å²) in [5.41, 5.74) is 0.967. The zero-order valence-electron chi connectivity index (χ0n) is 11.0. The van der Waals surface area contributed by atoms with E-state index < -0.39 is 0 Å². The number of carbonyl (C=O) groups is 1. The van der Waals surface area contributed by atoms with Crippen LogP contribution in [0.4, 0.5) is 0 Å². The van der Waals surface area contributed by atoms with Crippen LogP contribution < -0.4 is 14.8 Å². The van der Waals surface area contributed by atoms with Crippen LogP contribution in [0.5, 0.6) is 11.5 Å². The molecular formula is C13H18BrNO3. The van der Waals surface area contributed by atoms with Crippen LogP contribution in [0.15, 0.2) is 18.2 Å². The van der Waals surface area contributed by atoms with Gasteiger partial charge < -0.3 is 14.8 Å². The summed E-state index contributed by atoms with van der Waals surface area (Å²) in [5.74, 6) is 1.29. The molecule has 1 aromatic carbocycles. The van der Waals surface area contributed by atoms with Gasteiger partial charge in [-0.15, -0.1) is 0 Å². The number of ether oxygens (including phenoxy) is 2. The molecule has 0 aromatic heterocycles. The van der Waals surface area contributed by atoms with E-state index in [0.29, 0.717) is 11.5 Å². The molecule has 0 bridgehead atoms. The maximum Gasteiger partial charge on any atom is 0.233 e. The number of hydrogen-bond donors (Lipinski definition) is 1. The van der Waals surface area contributed by atoms with Gasteiger partial charge in [-0.25, -0.2) is 0 Å². The summed E-state index contributed by atoms with van der Waals surface area (Å²) < 4.78 is 10.4. The number of rotatable bonds is 5. The Labute approximate surface area is 116 Å². The van der Waals surface area contributed by atoms with E-state index >= 15 is 0 Å². The zero-order chi connectivity index (χ0) is 13.7. The first-order valence-electron chi connectivity index (χ1n) is 5.66. The smallest absolute Gasteiger partial charge is 0.233 e. The Morgan fingerprint density at radius 2 is 1.83 bits per heavy atom. The predicted octanol–water partition coefficient (Wildman–Crippen LogP) is 2.66. The monoisotopic (exact) mass is 315 g/mol. The van der Waals surface area contributed by atoms with Crippen molar-refractivity contribution < 1.29 is 14.3 Å². The van der Waals surface area contributed by atoms with Crippen molar-refractivity contribution in [2.24, 2.45) is 0 Å². The minimum Gasteiger partial charge on any atom is -0.493 e. The molecule has 5 heteroatoms. The lowest BCUT2D eigenvalue weighted by molar-refractivity contribution is -0.120. The molecule has 1 aromatic rings. The van der Waals surface area contributed by atoms with E-state index in [4.69, 9.17) is 9.47 Å².